The first kappa shape index (κ1) is 20.8. The minimum absolute atomic E-state index is 0.0487. The van der Waals surface area contributed by atoms with Crippen molar-refractivity contribution in [1.82, 2.24) is 0 Å². The first-order chi connectivity index (χ1) is 10.8. The Labute approximate surface area is 153 Å². The zero-order valence-corrected chi connectivity index (χ0v) is 16.5. The van der Waals surface area contributed by atoms with Gasteiger partial charge in [-0.3, -0.25) is 0 Å². The maximum Gasteiger partial charge on any atom is 0.339 e. The van der Waals surface area contributed by atoms with Crippen LogP contribution in [0.25, 0.3) is 0 Å². The van der Waals surface area contributed by atoms with Crippen LogP contribution in [0.15, 0.2) is 12.1 Å². The van der Waals surface area contributed by atoms with Gasteiger partial charge in [0.15, 0.2) is 0 Å². The van der Waals surface area contributed by atoms with E-state index in [1.54, 1.807) is 0 Å². The third-order valence-corrected chi connectivity index (χ3v) is 3.49. The van der Waals surface area contributed by atoms with E-state index in [4.69, 9.17) is 32.7 Å². The Kier molecular flexibility index (Phi) is 6.71. The van der Waals surface area contributed by atoms with Crippen LogP contribution >= 0.6 is 23.2 Å². The number of benzene rings is 1. The number of halogens is 2. The summed E-state index contributed by atoms with van der Waals surface area (Å²) in [6.07, 6.45) is 0. The summed E-state index contributed by atoms with van der Waals surface area (Å²) in [5.74, 6) is -1.27. The lowest BCUT2D eigenvalue weighted by molar-refractivity contribution is 0.0322. The minimum Gasteiger partial charge on any atom is -0.462 e. The maximum atomic E-state index is 12.3. The zero-order chi connectivity index (χ0) is 18.7. The molecule has 0 spiro atoms. The third-order valence-electron chi connectivity index (χ3n) is 2.77. The lowest BCUT2D eigenvalue weighted by atomic mass is 9.98. The second-order valence-electron chi connectivity index (χ2n) is 8.09. The van der Waals surface area contributed by atoms with Crippen molar-refractivity contribution >= 4 is 35.1 Å². The molecule has 0 aromatic heterocycles. The first-order valence-corrected chi connectivity index (χ1v) is 8.39. The van der Waals surface area contributed by atoms with E-state index in [2.05, 4.69) is 0 Å². The lowest BCUT2D eigenvalue weighted by Gasteiger charge is -2.20. The molecule has 0 fully saturated rings. The third kappa shape index (κ3) is 6.70. The summed E-state index contributed by atoms with van der Waals surface area (Å²) in [5.41, 5.74) is -0.294. The Morgan fingerprint density at radius 2 is 1.08 bits per heavy atom. The highest BCUT2D eigenvalue weighted by molar-refractivity contribution is 6.42. The summed E-state index contributed by atoms with van der Waals surface area (Å²) in [5, 5.41) is 0.346. The molecule has 0 saturated heterocycles. The molecule has 4 nitrogen and oxygen atoms in total. The molecule has 0 atom stereocenters. The Morgan fingerprint density at radius 3 is 1.33 bits per heavy atom. The standard InChI is InChI=1S/C18H24Cl2O4/c1-17(2,3)9-23-15(21)11-7-13(19)14(20)8-12(11)16(22)24-10-18(4,5)6/h7-8H,9-10H2,1-6H3. The molecule has 134 valence electrons. The van der Waals surface area contributed by atoms with Gasteiger partial charge < -0.3 is 9.47 Å². The lowest BCUT2D eigenvalue weighted by Crippen LogP contribution is -2.22. The quantitative estimate of drug-likeness (QED) is 0.662. The fourth-order valence-corrected chi connectivity index (χ4v) is 1.93. The van der Waals surface area contributed by atoms with Crippen molar-refractivity contribution < 1.29 is 19.1 Å². The van der Waals surface area contributed by atoms with Crippen molar-refractivity contribution in [2.24, 2.45) is 10.8 Å². The van der Waals surface area contributed by atoms with Gasteiger partial charge in [0.05, 0.1) is 34.4 Å². The molecule has 0 unspecified atom stereocenters. The molecular weight excluding hydrogens is 351 g/mol. The van der Waals surface area contributed by atoms with Crippen LogP contribution in [0.2, 0.25) is 10.0 Å². The summed E-state index contributed by atoms with van der Waals surface area (Å²) in [7, 11) is 0. The van der Waals surface area contributed by atoms with E-state index in [0.29, 0.717) is 0 Å². The largest absolute Gasteiger partial charge is 0.462 e. The molecule has 24 heavy (non-hydrogen) atoms. The topological polar surface area (TPSA) is 52.6 Å². The molecule has 0 bridgehead atoms. The van der Waals surface area contributed by atoms with Gasteiger partial charge in [0.2, 0.25) is 0 Å². The molecule has 6 heteroatoms. The van der Waals surface area contributed by atoms with Crippen LogP contribution < -0.4 is 0 Å². The highest BCUT2D eigenvalue weighted by Crippen LogP contribution is 2.28. The molecule has 0 saturated carbocycles. The van der Waals surface area contributed by atoms with Crippen LogP contribution in [0, 0.1) is 10.8 Å². The minimum atomic E-state index is -0.633. The van der Waals surface area contributed by atoms with Gasteiger partial charge in [-0.2, -0.15) is 0 Å². The average Bonchev–Trinajstić information content (AvgIpc) is 2.43. The van der Waals surface area contributed by atoms with Gasteiger partial charge >= 0.3 is 11.9 Å². The molecule has 0 aliphatic rings. The van der Waals surface area contributed by atoms with Crippen LogP contribution in [-0.4, -0.2) is 25.2 Å². The number of hydrogen-bond donors (Lipinski definition) is 0. The number of esters is 2. The summed E-state index contributed by atoms with van der Waals surface area (Å²) in [6, 6.07) is 2.67. The summed E-state index contributed by atoms with van der Waals surface area (Å²) in [4.78, 5) is 24.7. The molecular formula is C18H24Cl2O4. The van der Waals surface area contributed by atoms with Crippen molar-refractivity contribution in [3.63, 3.8) is 0 Å². The van der Waals surface area contributed by atoms with Gasteiger partial charge in [0, 0.05) is 0 Å². The highest BCUT2D eigenvalue weighted by Gasteiger charge is 2.24. The summed E-state index contributed by atoms with van der Waals surface area (Å²) < 4.78 is 10.6. The SMILES string of the molecule is CC(C)(C)COC(=O)c1cc(Cl)c(Cl)cc1C(=O)OCC(C)(C)C. The highest BCUT2D eigenvalue weighted by atomic mass is 35.5. The Balaban J connectivity index is 3.08. The molecule has 1 rings (SSSR count). The van der Waals surface area contributed by atoms with Gasteiger partial charge in [-0.1, -0.05) is 64.7 Å². The number of rotatable bonds is 4. The van der Waals surface area contributed by atoms with E-state index in [9.17, 15) is 9.59 Å². The number of carbonyl (C=O) groups excluding carboxylic acids is 2. The van der Waals surface area contributed by atoms with Crippen molar-refractivity contribution in [2.75, 3.05) is 13.2 Å². The van der Waals surface area contributed by atoms with Gasteiger partial charge in [0.1, 0.15) is 0 Å². The van der Waals surface area contributed by atoms with Crippen LogP contribution in [0.5, 0.6) is 0 Å². The van der Waals surface area contributed by atoms with Crippen LogP contribution in [-0.2, 0) is 9.47 Å². The molecule has 1 aromatic rings. The molecule has 0 aliphatic heterocycles. The van der Waals surface area contributed by atoms with Gasteiger partial charge in [-0.15, -0.1) is 0 Å². The molecule has 0 N–H and O–H groups in total. The predicted molar refractivity (Wildman–Crippen MR) is 95.9 cm³/mol. The van der Waals surface area contributed by atoms with E-state index in [1.807, 2.05) is 41.5 Å². The zero-order valence-electron chi connectivity index (χ0n) is 15.0. The number of hydrogen-bond acceptors (Lipinski definition) is 4. The molecule has 0 amide bonds. The molecule has 0 radical (unpaired) electrons. The normalized spacial score (nSPS) is 12.0. The van der Waals surface area contributed by atoms with Crippen LogP contribution in [0.4, 0.5) is 0 Å². The smallest absolute Gasteiger partial charge is 0.339 e. The summed E-state index contributed by atoms with van der Waals surface area (Å²) >= 11 is 12.0. The second-order valence-corrected chi connectivity index (χ2v) is 8.90. The van der Waals surface area contributed by atoms with E-state index >= 15 is 0 Å². The van der Waals surface area contributed by atoms with Crippen LogP contribution in [0.1, 0.15) is 62.3 Å². The molecule has 0 aliphatic carbocycles. The fourth-order valence-electron chi connectivity index (χ4n) is 1.60. The van der Waals surface area contributed by atoms with E-state index in [-0.39, 0.29) is 45.2 Å². The maximum absolute atomic E-state index is 12.3. The van der Waals surface area contributed by atoms with Gasteiger partial charge in [-0.05, 0) is 23.0 Å². The molecule has 1 aromatic carbocycles. The predicted octanol–water partition coefficient (Wildman–Crippen LogP) is 5.40. The van der Waals surface area contributed by atoms with Crippen molar-refractivity contribution in [3.8, 4) is 0 Å². The van der Waals surface area contributed by atoms with E-state index in [1.165, 1.54) is 12.1 Å². The first-order valence-electron chi connectivity index (χ1n) is 7.63. The Bertz CT molecular complexity index is 570. The second kappa shape index (κ2) is 7.75. The van der Waals surface area contributed by atoms with Gasteiger partial charge in [-0.25, -0.2) is 9.59 Å². The van der Waals surface area contributed by atoms with E-state index in [0.717, 1.165) is 0 Å². The monoisotopic (exact) mass is 374 g/mol. The molecule has 0 heterocycles. The van der Waals surface area contributed by atoms with Gasteiger partial charge in [0.25, 0.3) is 0 Å². The van der Waals surface area contributed by atoms with Crippen molar-refractivity contribution in [1.29, 1.82) is 0 Å². The van der Waals surface area contributed by atoms with Crippen LogP contribution in [0.3, 0.4) is 0 Å². The number of carbonyl (C=O) groups is 2. The summed E-state index contributed by atoms with van der Waals surface area (Å²) in [6.45, 7) is 12.1. The van der Waals surface area contributed by atoms with Crippen molar-refractivity contribution in [2.45, 2.75) is 41.5 Å². The number of ether oxygens (including phenoxy) is 2. The van der Waals surface area contributed by atoms with Crippen molar-refractivity contribution in [3.05, 3.63) is 33.3 Å². The fraction of sp³-hybridized carbons (Fsp3) is 0.556. The Hall–Kier alpha value is -1.26. The Morgan fingerprint density at radius 1 is 0.792 bits per heavy atom. The average molecular weight is 375 g/mol. The van der Waals surface area contributed by atoms with E-state index < -0.39 is 11.9 Å².